The lowest BCUT2D eigenvalue weighted by Crippen LogP contribution is -2.30. The van der Waals surface area contributed by atoms with E-state index in [4.69, 9.17) is 0 Å². The standard InChI is InChI=1S/C18H30N2OS/c1-6-8-13-22-15(5)18(21)19-16-9-11-17(12-10-16)20(7-2)14(3)4/h9-12,14-15H,6-8,13H2,1-5H3,(H,19,21)/t15-/m1/s1. The molecular formula is C18H30N2OS. The highest BCUT2D eigenvalue weighted by molar-refractivity contribution is 8.00. The number of carbonyl (C=O) groups excluding carboxylic acids is 1. The van der Waals surface area contributed by atoms with Gasteiger partial charge in [0.15, 0.2) is 0 Å². The number of rotatable bonds is 9. The number of hydrogen-bond donors (Lipinski definition) is 1. The average Bonchev–Trinajstić information content (AvgIpc) is 2.49. The first-order valence-corrected chi connectivity index (χ1v) is 9.33. The fraction of sp³-hybridized carbons (Fsp3) is 0.611. The van der Waals surface area contributed by atoms with E-state index >= 15 is 0 Å². The summed E-state index contributed by atoms with van der Waals surface area (Å²) in [7, 11) is 0. The van der Waals surface area contributed by atoms with E-state index in [-0.39, 0.29) is 11.2 Å². The molecule has 0 unspecified atom stereocenters. The zero-order valence-corrected chi connectivity index (χ0v) is 15.4. The zero-order chi connectivity index (χ0) is 16.5. The van der Waals surface area contributed by atoms with Crippen LogP contribution >= 0.6 is 11.8 Å². The maximum atomic E-state index is 12.1. The maximum Gasteiger partial charge on any atom is 0.237 e. The molecule has 3 nitrogen and oxygen atoms in total. The molecule has 0 saturated heterocycles. The van der Waals surface area contributed by atoms with Gasteiger partial charge in [-0.1, -0.05) is 13.3 Å². The van der Waals surface area contributed by atoms with E-state index in [1.165, 1.54) is 18.5 Å². The van der Waals surface area contributed by atoms with Crippen LogP contribution in [0.3, 0.4) is 0 Å². The van der Waals surface area contributed by atoms with Crippen molar-refractivity contribution in [3.8, 4) is 0 Å². The van der Waals surface area contributed by atoms with E-state index in [1.807, 2.05) is 19.1 Å². The fourth-order valence-corrected chi connectivity index (χ4v) is 3.33. The molecule has 0 aliphatic carbocycles. The summed E-state index contributed by atoms with van der Waals surface area (Å²) >= 11 is 1.72. The van der Waals surface area contributed by atoms with Crippen molar-refractivity contribution in [2.45, 2.75) is 58.8 Å². The van der Waals surface area contributed by atoms with Gasteiger partial charge in [0, 0.05) is 24.0 Å². The second-order valence-corrected chi connectivity index (χ2v) is 7.23. The smallest absolute Gasteiger partial charge is 0.237 e. The quantitative estimate of drug-likeness (QED) is 0.664. The number of nitrogens with one attached hydrogen (secondary N) is 1. The lowest BCUT2D eigenvalue weighted by atomic mass is 10.2. The molecule has 4 heteroatoms. The van der Waals surface area contributed by atoms with E-state index in [1.54, 1.807) is 11.8 Å². The molecule has 0 saturated carbocycles. The molecule has 1 atom stereocenters. The van der Waals surface area contributed by atoms with Crippen LogP contribution in [-0.4, -0.2) is 29.5 Å². The van der Waals surface area contributed by atoms with Gasteiger partial charge in [0.05, 0.1) is 5.25 Å². The van der Waals surface area contributed by atoms with Gasteiger partial charge in [-0.2, -0.15) is 0 Å². The molecule has 1 aromatic rings. The first-order valence-electron chi connectivity index (χ1n) is 8.28. The first kappa shape index (κ1) is 18.9. The van der Waals surface area contributed by atoms with E-state index in [0.717, 1.165) is 18.0 Å². The second-order valence-electron chi connectivity index (χ2n) is 5.78. The van der Waals surface area contributed by atoms with Crippen molar-refractivity contribution in [3.05, 3.63) is 24.3 Å². The van der Waals surface area contributed by atoms with Crippen LogP contribution in [-0.2, 0) is 4.79 Å². The molecule has 0 heterocycles. The second kappa shape index (κ2) is 9.78. The molecule has 0 aliphatic heterocycles. The van der Waals surface area contributed by atoms with Crippen molar-refractivity contribution < 1.29 is 4.79 Å². The maximum absolute atomic E-state index is 12.1. The Morgan fingerprint density at radius 1 is 1.18 bits per heavy atom. The van der Waals surface area contributed by atoms with Crippen molar-refractivity contribution in [2.24, 2.45) is 0 Å². The lowest BCUT2D eigenvalue weighted by molar-refractivity contribution is -0.115. The van der Waals surface area contributed by atoms with E-state index < -0.39 is 0 Å². The van der Waals surface area contributed by atoms with Crippen LogP contribution in [0.25, 0.3) is 0 Å². The van der Waals surface area contributed by atoms with Gasteiger partial charge in [-0.3, -0.25) is 4.79 Å². The lowest BCUT2D eigenvalue weighted by Gasteiger charge is -2.27. The molecule has 0 radical (unpaired) electrons. The van der Waals surface area contributed by atoms with Crippen LogP contribution in [0.1, 0.15) is 47.5 Å². The Bertz CT molecular complexity index is 445. The topological polar surface area (TPSA) is 32.3 Å². The van der Waals surface area contributed by atoms with Crippen molar-refractivity contribution in [3.63, 3.8) is 0 Å². The minimum Gasteiger partial charge on any atom is -0.369 e. The Kier molecular flexibility index (Phi) is 8.39. The molecule has 22 heavy (non-hydrogen) atoms. The molecule has 1 N–H and O–H groups in total. The Hall–Kier alpha value is -1.16. The van der Waals surface area contributed by atoms with E-state index in [2.05, 4.69) is 50.0 Å². The minimum absolute atomic E-state index is 0.00553. The average molecular weight is 323 g/mol. The number of unbranched alkanes of at least 4 members (excludes halogenated alkanes) is 1. The predicted molar refractivity (Wildman–Crippen MR) is 100 cm³/mol. The number of amides is 1. The summed E-state index contributed by atoms with van der Waals surface area (Å²) in [6.45, 7) is 11.7. The van der Waals surface area contributed by atoms with Gasteiger partial charge in [-0.25, -0.2) is 0 Å². The Labute approximate surface area is 139 Å². The molecule has 1 amide bonds. The largest absolute Gasteiger partial charge is 0.369 e. The first-order chi connectivity index (χ1) is 10.5. The van der Waals surface area contributed by atoms with Gasteiger partial charge in [0.2, 0.25) is 5.91 Å². The van der Waals surface area contributed by atoms with Crippen molar-refractivity contribution in [2.75, 3.05) is 22.5 Å². The molecule has 1 aromatic carbocycles. The van der Waals surface area contributed by atoms with Crippen molar-refractivity contribution >= 4 is 29.0 Å². The third-order valence-electron chi connectivity index (χ3n) is 3.67. The van der Waals surface area contributed by atoms with Crippen molar-refractivity contribution in [1.29, 1.82) is 0 Å². The van der Waals surface area contributed by atoms with E-state index in [9.17, 15) is 4.79 Å². The van der Waals surface area contributed by atoms with Gasteiger partial charge < -0.3 is 10.2 Å². The van der Waals surface area contributed by atoms with E-state index in [0.29, 0.717) is 6.04 Å². The van der Waals surface area contributed by atoms with Gasteiger partial charge in [-0.15, -0.1) is 11.8 Å². The molecule has 0 bridgehead atoms. The number of anilines is 2. The third-order valence-corrected chi connectivity index (χ3v) is 4.90. The molecular weight excluding hydrogens is 292 g/mol. The van der Waals surface area contributed by atoms with Crippen LogP contribution in [0.15, 0.2) is 24.3 Å². The van der Waals surface area contributed by atoms with Crippen LogP contribution in [0, 0.1) is 0 Å². The monoisotopic (exact) mass is 322 g/mol. The highest BCUT2D eigenvalue weighted by atomic mass is 32.2. The highest BCUT2D eigenvalue weighted by Gasteiger charge is 2.13. The summed E-state index contributed by atoms with van der Waals surface area (Å²) in [6, 6.07) is 8.60. The number of benzene rings is 1. The summed E-state index contributed by atoms with van der Waals surface area (Å²) < 4.78 is 0. The SMILES string of the molecule is CCCCS[C@H](C)C(=O)Nc1ccc(N(CC)C(C)C)cc1. The molecule has 0 aliphatic rings. The summed E-state index contributed by atoms with van der Waals surface area (Å²) in [5.74, 6) is 1.13. The van der Waals surface area contributed by atoms with Gasteiger partial charge in [-0.05, 0) is 64.1 Å². The van der Waals surface area contributed by atoms with Crippen LogP contribution < -0.4 is 10.2 Å². The number of thioether (sulfide) groups is 1. The number of carbonyl (C=O) groups is 1. The minimum atomic E-state index is -0.00553. The number of nitrogens with zero attached hydrogens (tertiary/aromatic N) is 1. The van der Waals surface area contributed by atoms with Crippen molar-refractivity contribution in [1.82, 2.24) is 0 Å². The fourth-order valence-electron chi connectivity index (χ4n) is 2.31. The Balaban J connectivity index is 2.58. The molecule has 1 rings (SSSR count). The van der Waals surface area contributed by atoms with Crippen LogP contribution in [0.4, 0.5) is 11.4 Å². The van der Waals surface area contributed by atoms with Crippen LogP contribution in [0.2, 0.25) is 0 Å². The molecule has 0 aromatic heterocycles. The molecule has 0 fully saturated rings. The molecule has 0 spiro atoms. The Morgan fingerprint density at radius 3 is 2.32 bits per heavy atom. The predicted octanol–water partition coefficient (Wildman–Crippen LogP) is 4.78. The summed E-state index contributed by atoms with van der Waals surface area (Å²) in [5, 5.41) is 3.00. The van der Waals surface area contributed by atoms with Gasteiger partial charge in [0.25, 0.3) is 0 Å². The summed E-state index contributed by atoms with van der Waals surface area (Å²) in [4.78, 5) is 14.5. The molecule has 124 valence electrons. The Morgan fingerprint density at radius 2 is 1.82 bits per heavy atom. The third kappa shape index (κ3) is 5.91. The normalized spacial score (nSPS) is 12.3. The summed E-state index contributed by atoms with van der Waals surface area (Å²) in [6.07, 6.45) is 2.34. The summed E-state index contributed by atoms with van der Waals surface area (Å²) in [5.41, 5.74) is 2.07. The highest BCUT2D eigenvalue weighted by Crippen LogP contribution is 2.21. The van der Waals surface area contributed by atoms with Gasteiger partial charge >= 0.3 is 0 Å². The van der Waals surface area contributed by atoms with Crippen LogP contribution in [0.5, 0.6) is 0 Å². The number of hydrogen-bond acceptors (Lipinski definition) is 3. The van der Waals surface area contributed by atoms with Gasteiger partial charge in [0.1, 0.15) is 0 Å². The zero-order valence-electron chi connectivity index (χ0n) is 14.6.